The van der Waals surface area contributed by atoms with Crippen LogP contribution in [0.25, 0.3) is 0 Å². The number of hydrazine groups is 1. The molecular weight excluding hydrogens is 162 g/mol. The van der Waals surface area contributed by atoms with Crippen LogP contribution in [0, 0.1) is 0 Å². The zero-order valence-corrected chi connectivity index (χ0v) is 7.12. The molecule has 0 aromatic heterocycles. The minimum Gasteiger partial charge on any atom is -0.359 e. The van der Waals surface area contributed by atoms with Crippen LogP contribution >= 0.6 is 12.2 Å². The smallest absolute Gasteiger partial charge is 0.235 e. The number of nitrogens with one attached hydrogen (secondary N) is 3. The first-order chi connectivity index (χ1) is 5.18. The summed E-state index contributed by atoms with van der Waals surface area (Å²) in [5.74, 6) is -0.148. The highest BCUT2D eigenvalue weighted by Crippen LogP contribution is 2.17. The summed E-state index contributed by atoms with van der Waals surface area (Å²) in [5, 5.41) is 3.50. The number of carbonyl (C=O) groups excluding carboxylic acids is 1. The molecule has 1 aliphatic rings. The summed E-state index contributed by atoms with van der Waals surface area (Å²) in [6.45, 7) is 1.42. The molecule has 0 radical (unpaired) electrons. The van der Waals surface area contributed by atoms with E-state index in [1.165, 1.54) is 19.8 Å². The van der Waals surface area contributed by atoms with Gasteiger partial charge in [-0.1, -0.05) is 0 Å². The molecule has 1 saturated carbocycles. The number of carbonyl (C=O) groups is 1. The van der Waals surface area contributed by atoms with E-state index in [1.807, 2.05) is 0 Å². The molecule has 1 amide bonds. The molecule has 0 unspecified atom stereocenters. The van der Waals surface area contributed by atoms with E-state index in [0.29, 0.717) is 11.2 Å². The predicted octanol–water partition coefficient (Wildman–Crippen LogP) is -0.336. The van der Waals surface area contributed by atoms with Gasteiger partial charge in [-0.15, -0.1) is 0 Å². The van der Waals surface area contributed by atoms with Crippen LogP contribution in [-0.4, -0.2) is 17.1 Å². The largest absolute Gasteiger partial charge is 0.359 e. The molecule has 1 rings (SSSR count). The quantitative estimate of drug-likeness (QED) is 0.375. The average Bonchev–Trinajstić information content (AvgIpc) is 2.67. The van der Waals surface area contributed by atoms with Crippen LogP contribution in [0.1, 0.15) is 19.8 Å². The first-order valence-corrected chi connectivity index (χ1v) is 3.92. The van der Waals surface area contributed by atoms with Crippen molar-refractivity contribution >= 4 is 23.2 Å². The Morgan fingerprint density at radius 2 is 2.09 bits per heavy atom. The molecule has 0 bridgehead atoms. The second kappa shape index (κ2) is 3.52. The number of thiocarbonyl (C=S) groups is 1. The third-order valence-corrected chi connectivity index (χ3v) is 1.48. The van der Waals surface area contributed by atoms with Gasteiger partial charge in [0, 0.05) is 13.0 Å². The van der Waals surface area contributed by atoms with Crippen LogP contribution in [0.15, 0.2) is 0 Å². The molecule has 11 heavy (non-hydrogen) atoms. The molecule has 0 aromatic rings. The van der Waals surface area contributed by atoms with E-state index in [-0.39, 0.29) is 5.91 Å². The van der Waals surface area contributed by atoms with E-state index in [2.05, 4.69) is 16.2 Å². The van der Waals surface area contributed by atoms with Crippen molar-refractivity contribution in [3.05, 3.63) is 0 Å². The van der Waals surface area contributed by atoms with Crippen molar-refractivity contribution in [1.82, 2.24) is 16.2 Å². The van der Waals surface area contributed by atoms with E-state index in [4.69, 9.17) is 12.2 Å². The van der Waals surface area contributed by atoms with Gasteiger partial charge in [-0.3, -0.25) is 15.6 Å². The lowest BCUT2D eigenvalue weighted by atomic mass is 10.7. The molecule has 1 aliphatic carbocycles. The van der Waals surface area contributed by atoms with Crippen molar-refractivity contribution in [2.45, 2.75) is 25.8 Å². The summed E-state index contributed by atoms with van der Waals surface area (Å²) in [6, 6.07) is 0.517. The molecule has 0 spiro atoms. The number of hydrogen-bond donors (Lipinski definition) is 3. The Labute approximate surface area is 70.7 Å². The van der Waals surface area contributed by atoms with Gasteiger partial charge in [-0.2, -0.15) is 0 Å². The number of hydrogen-bond acceptors (Lipinski definition) is 2. The molecule has 0 heterocycles. The third-order valence-electron chi connectivity index (χ3n) is 1.26. The Kier molecular flexibility index (Phi) is 2.64. The van der Waals surface area contributed by atoms with Crippen molar-refractivity contribution < 1.29 is 4.79 Å². The summed E-state index contributed by atoms with van der Waals surface area (Å²) in [5.41, 5.74) is 4.96. The van der Waals surface area contributed by atoms with E-state index in [9.17, 15) is 4.79 Å². The maximum Gasteiger partial charge on any atom is 0.235 e. The van der Waals surface area contributed by atoms with Crippen molar-refractivity contribution in [2.75, 3.05) is 0 Å². The van der Waals surface area contributed by atoms with Crippen LogP contribution in [0.3, 0.4) is 0 Å². The lowest BCUT2D eigenvalue weighted by Gasteiger charge is -2.08. The first kappa shape index (κ1) is 8.26. The highest BCUT2D eigenvalue weighted by molar-refractivity contribution is 7.80. The van der Waals surface area contributed by atoms with Crippen LogP contribution in [0.2, 0.25) is 0 Å². The van der Waals surface area contributed by atoms with Crippen LogP contribution in [0.5, 0.6) is 0 Å². The summed E-state index contributed by atoms with van der Waals surface area (Å²) in [4.78, 5) is 10.4. The molecule has 1 fully saturated rings. The van der Waals surface area contributed by atoms with Gasteiger partial charge in [0.1, 0.15) is 0 Å². The molecule has 62 valence electrons. The highest BCUT2D eigenvalue weighted by Gasteiger charge is 2.21. The summed E-state index contributed by atoms with van der Waals surface area (Å²) >= 11 is 4.85. The van der Waals surface area contributed by atoms with Gasteiger partial charge < -0.3 is 5.32 Å². The number of rotatable bonds is 1. The average molecular weight is 173 g/mol. The molecule has 0 aliphatic heterocycles. The standard InChI is InChI=1S/C6H11N3OS/c1-4(10)8-9-6(11)7-5-2-3-5/h5H,2-3H2,1H3,(H,8,10)(H2,7,9,11). The van der Waals surface area contributed by atoms with Gasteiger partial charge in [-0.05, 0) is 25.1 Å². The van der Waals surface area contributed by atoms with Crippen molar-refractivity contribution in [3.8, 4) is 0 Å². The fraction of sp³-hybridized carbons (Fsp3) is 0.667. The maximum atomic E-state index is 10.4. The fourth-order valence-electron chi connectivity index (χ4n) is 0.594. The molecule has 0 saturated heterocycles. The Bertz CT molecular complexity index is 179. The molecule has 3 N–H and O–H groups in total. The normalized spacial score (nSPS) is 15.4. The van der Waals surface area contributed by atoms with E-state index < -0.39 is 0 Å². The van der Waals surface area contributed by atoms with E-state index in [1.54, 1.807) is 0 Å². The van der Waals surface area contributed by atoms with Crippen LogP contribution in [0.4, 0.5) is 0 Å². The molecule has 0 aromatic carbocycles. The Morgan fingerprint density at radius 3 is 2.55 bits per heavy atom. The first-order valence-electron chi connectivity index (χ1n) is 3.51. The zero-order valence-electron chi connectivity index (χ0n) is 6.31. The molecule has 0 atom stereocenters. The summed E-state index contributed by atoms with van der Waals surface area (Å²) < 4.78 is 0. The topological polar surface area (TPSA) is 53.2 Å². The van der Waals surface area contributed by atoms with Gasteiger partial charge in [-0.25, -0.2) is 0 Å². The minimum absolute atomic E-state index is 0.148. The van der Waals surface area contributed by atoms with Gasteiger partial charge in [0.05, 0.1) is 0 Å². The molecule has 4 nitrogen and oxygen atoms in total. The SMILES string of the molecule is CC(=O)NNC(=S)NC1CC1. The Morgan fingerprint density at radius 1 is 1.45 bits per heavy atom. The van der Waals surface area contributed by atoms with Gasteiger partial charge >= 0.3 is 0 Å². The summed E-state index contributed by atoms with van der Waals surface area (Å²) in [7, 11) is 0. The second-order valence-corrected chi connectivity index (χ2v) is 2.96. The highest BCUT2D eigenvalue weighted by atomic mass is 32.1. The van der Waals surface area contributed by atoms with Crippen molar-refractivity contribution in [3.63, 3.8) is 0 Å². The Hall–Kier alpha value is -0.840. The van der Waals surface area contributed by atoms with Gasteiger partial charge in [0.25, 0.3) is 0 Å². The number of amides is 1. The van der Waals surface area contributed by atoms with Crippen molar-refractivity contribution in [2.24, 2.45) is 0 Å². The molecular formula is C6H11N3OS. The fourth-order valence-corrected chi connectivity index (χ4v) is 0.812. The Balaban J connectivity index is 2.04. The second-order valence-electron chi connectivity index (χ2n) is 2.55. The van der Waals surface area contributed by atoms with E-state index >= 15 is 0 Å². The summed E-state index contributed by atoms with van der Waals surface area (Å²) in [6.07, 6.45) is 2.34. The minimum atomic E-state index is -0.148. The van der Waals surface area contributed by atoms with Gasteiger partial charge in [0.2, 0.25) is 5.91 Å². The monoisotopic (exact) mass is 173 g/mol. The third kappa shape index (κ3) is 3.77. The lowest BCUT2D eigenvalue weighted by molar-refractivity contribution is -0.119. The van der Waals surface area contributed by atoms with Crippen LogP contribution < -0.4 is 16.2 Å². The van der Waals surface area contributed by atoms with Crippen molar-refractivity contribution in [1.29, 1.82) is 0 Å². The zero-order chi connectivity index (χ0) is 8.27. The molecule has 5 heteroatoms. The van der Waals surface area contributed by atoms with E-state index in [0.717, 1.165) is 0 Å². The van der Waals surface area contributed by atoms with Crippen LogP contribution in [-0.2, 0) is 4.79 Å². The van der Waals surface area contributed by atoms with Gasteiger partial charge in [0.15, 0.2) is 5.11 Å². The maximum absolute atomic E-state index is 10.4. The lowest BCUT2D eigenvalue weighted by Crippen LogP contribution is -2.46. The predicted molar refractivity (Wildman–Crippen MR) is 45.7 cm³/mol.